The Morgan fingerprint density at radius 2 is 1.84 bits per heavy atom. The van der Waals surface area contributed by atoms with E-state index < -0.39 is 0 Å². The molecule has 0 radical (unpaired) electrons. The van der Waals surface area contributed by atoms with Gasteiger partial charge in [0.05, 0.1) is 24.5 Å². The molecule has 0 bridgehead atoms. The average molecular weight is 334 g/mol. The zero-order chi connectivity index (χ0) is 17.8. The molecule has 0 aliphatic rings. The molecule has 0 atom stereocenters. The molecule has 5 nitrogen and oxygen atoms in total. The molecular formula is C20H22N4O. The standard InChI is InChI=1S/C20H22N4O/c1-14-11-20(18-12-17(25-4)9-10-19(18)22-14)23-21-13-15-5-7-16(8-6-15)24(2)3/h5-13H,1-4H3,(H,22,23)/b21-13+. The molecule has 1 aromatic heterocycles. The van der Waals surface area contributed by atoms with Crippen molar-refractivity contribution in [3.63, 3.8) is 0 Å². The molecule has 128 valence electrons. The number of hydrazone groups is 1. The van der Waals surface area contributed by atoms with Gasteiger partial charge < -0.3 is 9.64 Å². The van der Waals surface area contributed by atoms with Crippen LogP contribution in [0.15, 0.2) is 53.6 Å². The van der Waals surface area contributed by atoms with E-state index in [-0.39, 0.29) is 0 Å². The lowest BCUT2D eigenvalue weighted by molar-refractivity contribution is 0.415. The van der Waals surface area contributed by atoms with Crippen molar-refractivity contribution in [3.8, 4) is 5.75 Å². The maximum atomic E-state index is 5.31. The lowest BCUT2D eigenvalue weighted by Crippen LogP contribution is -2.08. The van der Waals surface area contributed by atoms with E-state index in [1.54, 1.807) is 13.3 Å². The van der Waals surface area contributed by atoms with Crippen LogP contribution in [0, 0.1) is 6.92 Å². The van der Waals surface area contributed by atoms with Crippen molar-refractivity contribution >= 4 is 28.5 Å². The molecule has 0 fully saturated rings. The minimum Gasteiger partial charge on any atom is -0.497 e. The highest BCUT2D eigenvalue weighted by Crippen LogP contribution is 2.27. The second kappa shape index (κ2) is 7.21. The fourth-order valence-electron chi connectivity index (χ4n) is 2.59. The normalized spacial score (nSPS) is 11.0. The molecule has 0 aliphatic carbocycles. The molecule has 25 heavy (non-hydrogen) atoms. The third-order valence-electron chi connectivity index (χ3n) is 3.95. The van der Waals surface area contributed by atoms with Crippen molar-refractivity contribution in [2.24, 2.45) is 5.10 Å². The lowest BCUT2D eigenvalue weighted by atomic mass is 10.1. The van der Waals surface area contributed by atoms with Crippen LogP contribution in [-0.4, -0.2) is 32.4 Å². The maximum Gasteiger partial charge on any atom is 0.119 e. The van der Waals surface area contributed by atoms with E-state index >= 15 is 0 Å². The van der Waals surface area contributed by atoms with Crippen LogP contribution in [0.3, 0.4) is 0 Å². The minimum absolute atomic E-state index is 0.796. The van der Waals surface area contributed by atoms with Crippen molar-refractivity contribution < 1.29 is 4.74 Å². The van der Waals surface area contributed by atoms with Crippen molar-refractivity contribution in [1.29, 1.82) is 0 Å². The number of benzene rings is 2. The van der Waals surface area contributed by atoms with Crippen LogP contribution in [0.2, 0.25) is 0 Å². The number of fused-ring (bicyclic) bond motifs is 1. The first-order valence-corrected chi connectivity index (χ1v) is 8.08. The fourth-order valence-corrected chi connectivity index (χ4v) is 2.59. The molecule has 0 spiro atoms. The highest BCUT2D eigenvalue weighted by atomic mass is 16.5. The van der Waals surface area contributed by atoms with Crippen molar-refractivity contribution in [2.45, 2.75) is 6.92 Å². The second-order valence-corrected chi connectivity index (χ2v) is 6.05. The number of nitrogens with one attached hydrogen (secondary N) is 1. The summed E-state index contributed by atoms with van der Waals surface area (Å²) in [5, 5.41) is 5.35. The Morgan fingerprint density at radius 3 is 2.52 bits per heavy atom. The van der Waals surface area contributed by atoms with E-state index in [2.05, 4.69) is 32.5 Å². The van der Waals surface area contributed by atoms with E-state index in [0.717, 1.165) is 39.3 Å². The molecule has 0 unspecified atom stereocenters. The van der Waals surface area contributed by atoms with Gasteiger partial charge in [0.15, 0.2) is 0 Å². The number of pyridine rings is 1. The number of anilines is 2. The molecular weight excluding hydrogens is 312 g/mol. The van der Waals surface area contributed by atoms with Gasteiger partial charge in [0, 0.05) is 30.9 Å². The number of rotatable bonds is 5. The zero-order valence-electron chi connectivity index (χ0n) is 14.9. The van der Waals surface area contributed by atoms with Crippen LogP contribution < -0.4 is 15.1 Å². The maximum absolute atomic E-state index is 5.31. The Labute approximate surface area is 148 Å². The quantitative estimate of drug-likeness (QED) is 0.564. The Bertz CT molecular complexity index is 901. The summed E-state index contributed by atoms with van der Waals surface area (Å²) in [7, 11) is 5.71. The van der Waals surface area contributed by atoms with E-state index in [9.17, 15) is 0 Å². The first kappa shape index (κ1) is 16.8. The van der Waals surface area contributed by atoms with Crippen LogP contribution in [0.4, 0.5) is 11.4 Å². The monoisotopic (exact) mass is 334 g/mol. The van der Waals surface area contributed by atoms with Gasteiger partial charge >= 0.3 is 0 Å². The van der Waals surface area contributed by atoms with Crippen molar-refractivity contribution in [2.75, 3.05) is 31.5 Å². The van der Waals surface area contributed by atoms with E-state index in [4.69, 9.17) is 4.74 Å². The summed E-state index contributed by atoms with van der Waals surface area (Å²) >= 11 is 0. The number of aryl methyl sites for hydroxylation is 1. The third-order valence-corrected chi connectivity index (χ3v) is 3.95. The summed E-state index contributed by atoms with van der Waals surface area (Å²) in [6.45, 7) is 1.97. The Kier molecular flexibility index (Phi) is 4.84. The van der Waals surface area contributed by atoms with Gasteiger partial charge in [0.25, 0.3) is 0 Å². The Morgan fingerprint density at radius 1 is 1.08 bits per heavy atom. The molecule has 5 heteroatoms. The second-order valence-electron chi connectivity index (χ2n) is 6.05. The third kappa shape index (κ3) is 3.88. The van der Waals surface area contributed by atoms with E-state index in [1.807, 2.05) is 57.4 Å². The van der Waals surface area contributed by atoms with Crippen molar-refractivity contribution in [1.82, 2.24) is 4.98 Å². The van der Waals surface area contributed by atoms with Gasteiger partial charge in [0.2, 0.25) is 0 Å². The first-order chi connectivity index (χ1) is 12.1. The lowest BCUT2D eigenvalue weighted by Gasteiger charge is -2.11. The summed E-state index contributed by atoms with van der Waals surface area (Å²) in [4.78, 5) is 6.62. The van der Waals surface area contributed by atoms with Crippen LogP contribution >= 0.6 is 0 Å². The molecule has 0 aliphatic heterocycles. The zero-order valence-corrected chi connectivity index (χ0v) is 14.9. The smallest absolute Gasteiger partial charge is 0.119 e. The summed E-state index contributed by atoms with van der Waals surface area (Å²) in [6, 6.07) is 16.0. The van der Waals surface area contributed by atoms with Gasteiger partial charge in [0.1, 0.15) is 5.75 Å². The van der Waals surface area contributed by atoms with Gasteiger partial charge in [-0.3, -0.25) is 10.4 Å². The topological polar surface area (TPSA) is 49.8 Å². The molecule has 3 aromatic rings. The predicted octanol–water partition coefficient (Wildman–Crippen LogP) is 4.06. The number of nitrogens with zero attached hydrogens (tertiary/aromatic N) is 3. The number of methoxy groups -OCH3 is 1. The van der Waals surface area contributed by atoms with Crippen LogP contribution in [0.5, 0.6) is 5.75 Å². The van der Waals surface area contributed by atoms with Crippen LogP contribution in [0.25, 0.3) is 10.9 Å². The molecule has 3 rings (SSSR count). The van der Waals surface area contributed by atoms with Crippen LogP contribution in [0.1, 0.15) is 11.3 Å². The summed E-state index contributed by atoms with van der Waals surface area (Å²) < 4.78 is 5.31. The first-order valence-electron chi connectivity index (χ1n) is 8.08. The highest BCUT2D eigenvalue weighted by molar-refractivity contribution is 5.93. The average Bonchev–Trinajstić information content (AvgIpc) is 2.61. The largest absolute Gasteiger partial charge is 0.497 e. The number of hydrogen-bond donors (Lipinski definition) is 1. The van der Waals surface area contributed by atoms with Crippen LogP contribution in [-0.2, 0) is 0 Å². The summed E-state index contributed by atoms with van der Waals surface area (Å²) in [5.74, 6) is 0.796. The molecule has 2 aromatic carbocycles. The minimum atomic E-state index is 0.796. The molecule has 0 saturated carbocycles. The highest BCUT2D eigenvalue weighted by Gasteiger charge is 2.05. The Balaban J connectivity index is 1.84. The fraction of sp³-hybridized carbons (Fsp3) is 0.200. The number of hydrogen-bond acceptors (Lipinski definition) is 5. The number of aromatic nitrogens is 1. The van der Waals surface area contributed by atoms with Gasteiger partial charge in [-0.25, -0.2) is 0 Å². The van der Waals surface area contributed by atoms with E-state index in [0.29, 0.717) is 0 Å². The van der Waals surface area contributed by atoms with Gasteiger partial charge in [-0.05, 0) is 48.9 Å². The number of ether oxygens (including phenoxy) is 1. The summed E-state index contributed by atoms with van der Waals surface area (Å²) in [6.07, 6.45) is 1.81. The molecule has 1 heterocycles. The predicted molar refractivity (Wildman–Crippen MR) is 105 cm³/mol. The SMILES string of the molecule is COc1ccc2nc(C)cc(N/N=C/c3ccc(N(C)C)cc3)c2c1. The summed E-state index contributed by atoms with van der Waals surface area (Å²) in [5.41, 5.74) is 8.07. The van der Waals surface area contributed by atoms with Gasteiger partial charge in [-0.2, -0.15) is 5.10 Å². The molecule has 1 N–H and O–H groups in total. The Hall–Kier alpha value is -3.08. The van der Waals surface area contributed by atoms with Gasteiger partial charge in [-0.15, -0.1) is 0 Å². The molecule has 0 amide bonds. The van der Waals surface area contributed by atoms with E-state index in [1.165, 1.54) is 0 Å². The molecule has 0 saturated heterocycles. The van der Waals surface area contributed by atoms with Crippen molar-refractivity contribution in [3.05, 3.63) is 59.8 Å². The van der Waals surface area contributed by atoms with Gasteiger partial charge in [-0.1, -0.05) is 12.1 Å².